The largest absolute Gasteiger partial charge is 0.486 e. The Bertz CT molecular complexity index is 1120. The Balaban J connectivity index is 1.47. The van der Waals surface area contributed by atoms with Crippen LogP contribution in [0.3, 0.4) is 0 Å². The van der Waals surface area contributed by atoms with Crippen LogP contribution < -0.4 is 21.1 Å². The fraction of sp³-hybridized carbons (Fsp3) is 0.227. The quantitative estimate of drug-likeness (QED) is 0.498. The average molecular weight is 404 g/mol. The number of nitrogen functional groups attached to an aromatic ring is 1. The van der Waals surface area contributed by atoms with Gasteiger partial charge in [0, 0.05) is 18.2 Å². The maximum atomic E-state index is 14.5. The Kier molecular flexibility index (Phi) is 4.46. The van der Waals surface area contributed by atoms with Gasteiger partial charge in [0.25, 0.3) is 0 Å². The zero-order valence-electron chi connectivity index (χ0n) is 16.2. The molecule has 2 heterocycles. The first-order valence-electron chi connectivity index (χ1n) is 9.83. The highest BCUT2D eigenvalue weighted by atomic mass is 19.1. The molecule has 1 aliphatic heterocycles. The van der Waals surface area contributed by atoms with Crippen LogP contribution in [0.2, 0.25) is 0 Å². The van der Waals surface area contributed by atoms with Crippen molar-refractivity contribution < 1.29 is 9.13 Å². The molecule has 1 aromatic heterocycles. The lowest BCUT2D eigenvalue weighted by Gasteiger charge is -2.21. The first-order chi connectivity index (χ1) is 14.6. The van der Waals surface area contributed by atoms with Crippen molar-refractivity contribution in [3.63, 3.8) is 0 Å². The van der Waals surface area contributed by atoms with Crippen molar-refractivity contribution in [2.45, 2.75) is 18.9 Å². The highest BCUT2D eigenvalue weighted by molar-refractivity contribution is 6.16. The molecule has 0 spiro atoms. The van der Waals surface area contributed by atoms with Gasteiger partial charge in [-0.3, -0.25) is 5.41 Å². The minimum absolute atomic E-state index is 0.0557. The minimum atomic E-state index is -0.518. The number of hydrogen-bond donors (Lipinski definition) is 4. The van der Waals surface area contributed by atoms with Gasteiger partial charge >= 0.3 is 0 Å². The summed E-state index contributed by atoms with van der Waals surface area (Å²) >= 11 is 0. The molecule has 7 nitrogen and oxygen atoms in total. The van der Waals surface area contributed by atoms with E-state index >= 15 is 0 Å². The van der Waals surface area contributed by atoms with Gasteiger partial charge in [0.05, 0.1) is 17.0 Å². The normalized spacial score (nSPS) is 15.0. The van der Waals surface area contributed by atoms with E-state index in [2.05, 4.69) is 32.7 Å². The molecular formula is C22H21FN6O. The van der Waals surface area contributed by atoms with E-state index < -0.39 is 5.82 Å². The van der Waals surface area contributed by atoms with E-state index in [1.165, 1.54) is 23.5 Å². The second-order valence-corrected chi connectivity index (χ2v) is 7.49. The van der Waals surface area contributed by atoms with Crippen molar-refractivity contribution in [2.75, 3.05) is 29.5 Å². The van der Waals surface area contributed by atoms with Gasteiger partial charge in [-0.1, -0.05) is 24.3 Å². The Morgan fingerprint density at radius 1 is 1.20 bits per heavy atom. The van der Waals surface area contributed by atoms with E-state index in [4.69, 9.17) is 15.9 Å². The lowest BCUT2D eigenvalue weighted by Crippen LogP contribution is -2.23. The molecule has 0 unspecified atom stereocenters. The summed E-state index contributed by atoms with van der Waals surface area (Å²) < 4.78 is 19.9. The standard InChI is InChI=1S/C22H21FN6O/c23-16-9-14(10-17-20(16)30-6-5-26-17)19(24)18-21(25)27-11-28-22(18)29-15-7-12-3-1-2-4-13(12)8-15/h1-4,9-11,15,24,26H,5-8H2,(H3,25,27,28,29). The average Bonchev–Trinajstić information content (AvgIpc) is 3.16. The summed E-state index contributed by atoms with van der Waals surface area (Å²) in [5.74, 6) is 0.316. The van der Waals surface area contributed by atoms with Crippen molar-refractivity contribution in [2.24, 2.45) is 0 Å². The monoisotopic (exact) mass is 404 g/mol. The summed E-state index contributed by atoms with van der Waals surface area (Å²) in [4.78, 5) is 8.41. The number of nitrogens with one attached hydrogen (secondary N) is 3. The molecular weight excluding hydrogens is 383 g/mol. The number of nitrogens with zero attached hydrogens (tertiary/aromatic N) is 2. The van der Waals surface area contributed by atoms with E-state index in [0.29, 0.717) is 35.8 Å². The molecule has 2 aliphatic rings. The number of ether oxygens (including phenoxy) is 1. The highest BCUT2D eigenvalue weighted by Gasteiger charge is 2.25. The molecule has 0 amide bonds. The number of anilines is 3. The first kappa shape index (κ1) is 18.4. The summed E-state index contributed by atoms with van der Waals surface area (Å²) in [7, 11) is 0. The molecule has 1 aliphatic carbocycles. The number of hydrogen-bond acceptors (Lipinski definition) is 7. The van der Waals surface area contributed by atoms with Crippen LogP contribution in [0.15, 0.2) is 42.7 Å². The second kappa shape index (κ2) is 7.29. The van der Waals surface area contributed by atoms with Crippen molar-refractivity contribution >= 4 is 23.0 Å². The van der Waals surface area contributed by atoms with E-state index in [9.17, 15) is 4.39 Å². The van der Waals surface area contributed by atoms with Gasteiger partial charge in [-0.05, 0) is 36.1 Å². The molecule has 5 N–H and O–H groups in total. The Morgan fingerprint density at radius 3 is 2.73 bits per heavy atom. The molecule has 2 aromatic carbocycles. The summed E-state index contributed by atoms with van der Waals surface area (Å²) in [6, 6.07) is 11.4. The lowest BCUT2D eigenvalue weighted by atomic mass is 10.0. The van der Waals surface area contributed by atoms with Crippen LogP contribution in [0, 0.1) is 11.2 Å². The smallest absolute Gasteiger partial charge is 0.178 e. The lowest BCUT2D eigenvalue weighted by molar-refractivity contribution is 0.306. The van der Waals surface area contributed by atoms with Gasteiger partial charge in [-0.2, -0.15) is 0 Å². The molecule has 152 valence electrons. The Labute approximate surface area is 173 Å². The molecule has 5 rings (SSSR count). The summed E-state index contributed by atoms with van der Waals surface area (Å²) in [5.41, 5.74) is 10.1. The molecule has 8 heteroatoms. The van der Waals surface area contributed by atoms with Crippen LogP contribution in [0.1, 0.15) is 22.3 Å². The fourth-order valence-corrected chi connectivity index (χ4v) is 4.11. The van der Waals surface area contributed by atoms with Crippen LogP contribution >= 0.6 is 0 Å². The third-order valence-corrected chi connectivity index (χ3v) is 5.51. The molecule has 30 heavy (non-hydrogen) atoms. The SMILES string of the molecule is N=C(c1cc(F)c2c(c1)NCCO2)c1c(N)ncnc1NC1Cc2ccccc2C1. The first-order valence-corrected chi connectivity index (χ1v) is 9.83. The zero-order chi connectivity index (χ0) is 20.7. The number of halogens is 1. The Hall–Kier alpha value is -3.68. The molecule has 0 saturated carbocycles. The van der Waals surface area contributed by atoms with E-state index in [1.54, 1.807) is 6.07 Å². The molecule has 3 aromatic rings. The molecule has 0 atom stereocenters. The van der Waals surface area contributed by atoms with Crippen LogP contribution in [0.4, 0.5) is 21.7 Å². The van der Waals surface area contributed by atoms with Crippen LogP contribution in [-0.4, -0.2) is 34.9 Å². The summed E-state index contributed by atoms with van der Waals surface area (Å²) in [6.07, 6.45) is 3.10. The van der Waals surface area contributed by atoms with Crippen molar-refractivity contribution in [1.82, 2.24) is 9.97 Å². The third-order valence-electron chi connectivity index (χ3n) is 5.51. The number of rotatable bonds is 4. The van der Waals surface area contributed by atoms with E-state index in [0.717, 1.165) is 12.8 Å². The topological polar surface area (TPSA) is 109 Å². The van der Waals surface area contributed by atoms with Gasteiger partial charge in [0.2, 0.25) is 0 Å². The van der Waals surface area contributed by atoms with Gasteiger partial charge in [-0.15, -0.1) is 0 Å². The predicted octanol–water partition coefficient (Wildman–Crippen LogP) is 3.00. The van der Waals surface area contributed by atoms with Crippen molar-refractivity contribution in [3.05, 3.63) is 70.8 Å². The van der Waals surface area contributed by atoms with Gasteiger partial charge < -0.3 is 21.1 Å². The molecule has 0 bridgehead atoms. The van der Waals surface area contributed by atoms with Gasteiger partial charge in [0.15, 0.2) is 11.6 Å². The van der Waals surface area contributed by atoms with Crippen LogP contribution in [0.5, 0.6) is 5.75 Å². The third kappa shape index (κ3) is 3.20. The zero-order valence-corrected chi connectivity index (χ0v) is 16.2. The molecule has 0 fully saturated rings. The Morgan fingerprint density at radius 2 is 1.97 bits per heavy atom. The van der Waals surface area contributed by atoms with Gasteiger partial charge in [-0.25, -0.2) is 14.4 Å². The number of nitrogens with two attached hydrogens (primary N) is 1. The molecule has 0 saturated heterocycles. The number of benzene rings is 2. The van der Waals surface area contributed by atoms with Crippen molar-refractivity contribution in [1.29, 1.82) is 5.41 Å². The number of fused-ring (bicyclic) bond motifs is 2. The van der Waals surface area contributed by atoms with Crippen molar-refractivity contribution in [3.8, 4) is 5.75 Å². The van der Waals surface area contributed by atoms with E-state index in [1.807, 2.05) is 12.1 Å². The van der Waals surface area contributed by atoms with Crippen LogP contribution in [0.25, 0.3) is 0 Å². The minimum Gasteiger partial charge on any atom is -0.486 e. The predicted molar refractivity (Wildman–Crippen MR) is 114 cm³/mol. The highest BCUT2D eigenvalue weighted by Crippen LogP contribution is 2.34. The number of aromatic nitrogens is 2. The second-order valence-electron chi connectivity index (χ2n) is 7.49. The summed E-state index contributed by atoms with van der Waals surface area (Å²) in [6.45, 7) is 0.979. The molecule has 0 radical (unpaired) electrons. The van der Waals surface area contributed by atoms with Crippen LogP contribution in [-0.2, 0) is 12.8 Å². The maximum absolute atomic E-state index is 14.5. The fourth-order valence-electron chi connectivity index (χ4n) is 4.11. The van der Waals surface area contributed by atoms with Gasteiger partial charge in [0.1, 0.15) is 24.6 Å². The summed E-state index contributed by atoms with van der Waals surface area (Å²) in [5, 5.41) is 15.3. The van der Waals surface area contributed by atoms with E-state index in [-0.39, 0.29) is 23.3 Å². The maximum Gasteiger partial charge on any atom is 0.178 e.